The number of carbonyl (C=O) groups excluding carboxylic acids is 1. The summed E-state index contributed by atoms with van der Waals surface area (Å²) >= 11 is 0. The Morgan fingerprint density at radius 3 is 2.44 bits per heavy atom. The molecule has 0 aromatic rings. The van der Waals surface area contributed by atoms with E-state index in [1.165, 1.54) is 0 Å². The summed E-state index contributed by atoms with van der Waals surface area (Å²) in [7, 11) is 1.56. The topological polar surface area (TPSA) is 67.8 Å². The van der Waals surface area contributed by atoms with Crippen LogP contribution >= 0.6 is 0 Å². The van der Waals surface area contributed by atoms with Crippen LogP contribution in [-0.4, -0.2) is 42.2 Å². The number of nitrogens with one attached hydrogen (secondary N) is 1. The molecule has 0 radical (unpaired) electrons. The fourth-order valence-corrected chi connectivity index (χ4v) is 1.82. The zero-order chi connectivity index (χ0) is 12.3. The van der Waals surface area contributed by atoms with Gasteiger partial charge in [-0.1, -0.05) is 0 Å². The molecular formula is C11H21NO4. The van der Waals surface area contributed by atoms with Gasteiger partial charge in [-0.05, 0) is 33.6 Å². The van der Waals surface area contributed by atoms with Crippen molar-refractivity contribution in [1.82, 2.24) is 5.32 Å². The first-order valence-electron chi connectivity index (χ1n) is 5.52. The van der Waals surface area contributed by atoms with Crippen LogP contribution in [0.2, 0.25) is 0 Å². The highest BCUT2D eigenvalue weighted by Crippen LogP contribution is 2.22. The fraction of sp³-hybridized carbons (Fsp3) is 0.909. The van der Waals surface area contributed by atoms with E-state index in [2.05, 4.69) is 5.32 Å². The van der Waals surface area contributed by atoms with Gasteiger partial charge in [0.1, 0.15) is 5.60 Å². The van der Waals surface area contributed by atoms with Crippen molar-refractivity contribution in [3.8, 4) is 0 Å². The molecule has 5 nitrogen and oxygen atoms in total. The molecule has 0 aromatic heterocycles. The fourth-order valence-electron chi connectivity index (χ4n) is 1.82. The molecule has 5 heteroatoms. The van der Waals surface area contributed by atoms with Crippen molar-refractivity contribution in [3.63, 3.8) is 0 Å². The van der Waals surface area contributed by atoms with Crippen molar-refractivity contribution in [1.29, 1.82) is 0 Å². The number of carbonyl (C=O) groups is 1. The van der Waals surface area contributed by atoms with E-state index in [4.69, 9.17) is 9.47 Å². The number of rotatable bonds is 2. The molecule has 94 valence electrons. The maximum absolute atomic E-state index is 11.5. The van der Waals surface area contributed by atoms with Crippen molar-refractivity contribution in [2.75, 3.05) is 7.11 Å². The summed E-state index contributed by atoms with van der Waals surface area (Å²) in [5.41, 5.74) is -0.498. The minimum absolute atomic E-state index is 0.0743. The second kappa shape index (κ2) is 5.01. The second-order valence-electron chi connectivity index (χ2n) is 5.16. The van der Waals surface area contributed by atoms with Crippen molar-refractivity contribution in [2.24, 2.45) is 0 Å². The first-order chi connectivity index (χ1) is 7.31. The Kier molecular flexibility index (Phi) is 4.15. The van der Waals surface area contributed by atoms with Crippen LogP contribution in [0.5, 0.6) is 0 Å². The molecule has 16 heavy (non-hydrogen) atoms. The van der Waals surface area contributed by atoms with Crippen LogP contribution in [0, 0.1) is 0 Å². The standard InChI is InChI=1S/C11H21NO4/c1-11(2,3)16-10(14)12-7-5-8(13)9(6-7)15-4/h7-9,13H,5-6H2,1-4H3,(H,12,14)/t7-,8+,9-/m1/s1. The van der Waals surface area contributed by atoms with Gasteiger partial charge >= 0.3 is 6.09 Å². The normalized spacial score (nSPS) is 30.2. The molecule has 1 saturated carbocycles. The summed E-state index contributed by atoms with van der Waals surface area (Å²) < 4.78 is 10.2. The minimum atomic E-state index is -0.509. The van der Waals surface area contributed by atoms with Gasteiger partial charge in [-0.2, -0.15) is 0 Å². The van der Waals surface area contributed by atoms with Gasteiger partial charge in [0.2, 0.25) is 0 Å². The number of amides is 1. The summed E-state index contributed by atoms with van der Waals surface area (Å²) in [6, 6.07) is -0.0743. The first kappa shape index (κ1) is 13.3. The molecule has 0 aliphatic heterocycles. The number of hydrogen-bond donors (Lipinski definition) is 2. The van der Waals surface area contributed by atoms with E-state index in [0.29, 0.717) is 12.8 Å². The molecular weight excluding hydrogens is 210 g/mol. The SMILES string of the molecule is CO[C@@H]1C[C@H](NC(=O)OC(C)(C)C)C[C@@H]1O. The molecule has 1 fully saturated rings. The van der Waals surface area contributed by atoms with Crippen LogP contribution in [-0.2, 0) is 9.47 Å². The highest BCUT2D eigenvalue weighted by Gasteiger charge is 2.34. The molecule has 1 amide bonds. The predicted octanol–water partition coefficient (Wildman–Crippen LogP) is 1.05. The van der Waals surface area contributed by atoms with Gasteiger partial charge in [-0.15, -0.1) is 0 Å². The zero-order valence-electron chi connectivity index (χ0n) is 10.3. The summed E-state index contributed by atoms with van der Waals surface area (Å²) in [5.74, 6) is 0. The minimum Gasteiger partial charge on any atom is -0.444 e. The maximum Gasteiger partial charge on any atom is 0.407 e. The Hall–Kier alpha value is -0.810. The van der Waals surface area contributed by atoms with E-state index in [0.717, 1.165) is 0 Å². The molecule has 0 aromatic carbocycles. The monoisotopic (exact) mass is 231 g/mol. The van der Waals surface area contributed by atoms with Crippen molar-refractivity contribution in [3.05, 3.63) is 0 Å². The van der Waals surface area contributed by atoms with Gasteiger partial charge in [0.05, 0.1) is 12.2 Å². The van der Waals surface area contributed by atoms with Gasteiger partial charge in [0, 0.05) is 13.2 Å². The van der Waals surface area contributed by atoms with Crippen LogP contribution < -0.4 is 5.32 Å². The van der Waals surface area contributed by atoms with Crippen LogP contribution in [0.1, 0.15) is 33.6 Å². The zero-order valence-corrected chi connectivity index (χ0v) is 10.3. The van der Waals surface area contributed by atoms with E-state index in [1.807, 2.05) is 20.8 Å². The largest absolute Gasteiger partial charge is 0.444 e. The Morgan fingerprint density at radius 1 is 1.38 bits per heavy atom. The summed E-state index contributed by atoms with van der Waals surface area (Å²) in [6.45, 7) is 5.44. The number of ether oxygens (including phenoxy) is 2. The lowest BCUT2D eigenvalue weighted by Crippen LogP contribution is -2.38. The number of methoxy groups -OCH3 is 1. The number of alkyl carbamates (subject to hydrolysis) is 1. The number of hydrogen-bond acceptors (Lipinski definition) is 4. The maximum atomic E-state index is 11.5. The lowest BCUT2D eigenvalue weighted by Gasteiger charge is -2.21. The third kappa shape index (κ3) is 3.98. The van der Waals surface area contributed by atoms with Crippen molar-refractivity contribution in [2.45, 2.75) is 57.5 Å². The van der Waals surface area contributed by atoms with Crippen LogP contribution in [0.25, 0.3) is 0 Å². The first-order valence-corrected chi connectivity index (χ1v) is 5.52. The van der Waals surface area contributed by atoms with E-state index < -0.39 is 17.8 Å². The van der Waals surface area contributed by atoms with E-state index >= 15 is 0 Å². The van der Waals surface area contributed by atoms with Crippen LogP contribution in [0.3, 0.4) is 0 Å². The lowest BCUT2D eigenvalue weighted by molar-refractivity contribution is 0.00976. The summed E-state index contributed by atoms with van der Waals surface area (Å²) in [6.07, 6.45) is -0.0133. The van der Waals surface area contributed by atoms with Crippen LogP contribution in [0.4, 0.5) is 4.79 Å². The van der Waals surface area contributed by atoms with Crippen molar-refractivity contribution < 1.29 is 19.4 Å². The molecule has 0 unspecified atom stereocenters. The number of aliphatic hydroxyl groups excluding tert-OH is 1. The highest BCUT2D eigenvalue weighted by atomic mass is 16.6. The third-order valence-electron chi connectivity index (χ3n) is 2.50. The Morgan fingerprint density at radius 2 is 2.00 bits per heavy atom. The molecule has 0 bridgehead atoms. The molecule has 0 spiro atoms. The predicted molar refractivity (Wildman–Crippen MR) is 59.2 cm³/mol. The third-order valence-corrected chi connectivity index (χ3v) is 2.50. The van der Waals surface area contributed by atoms with Gasteiger partial charge in [-0.25, -0.2) is 4.79 Å². The highest BCUT2D eigenvalue weighted by molar-refractivity contribution is 5.68. The summed E-state index contributed by atoms with van der Waals surface area (Å²) in [4.78, 5) is 11.5. The molecule has 1 rings (SSSR count). The molecule has 3 atom stereocenters. The van der Waals surface area contributed by atoms with E-state index in [-0.39, 0.29) is 12.1 Å². The van der Waals surface area contributed by atoms with Crippen LogP contribution in [0.15, 0.2) is 0 Å². The summed E-state index contributed by atoms with van der Waals surface area (Å²) in [5, 5.41) is 12.3. The number of aliphatic hydroxyl groups is 1. The molecule has 1 aliphatic carbocycles. The van der Waals surface area contributed by atoms with Gasteiger partial charge in [-0.3, -0.25) is 0 Å². The van der Waals surface area contributed by atoms with Gasteiger partial charge < -0.3 is 19.9 Å². The van der Waals surface area contributed by atoms with E-state index in [1.54, 1.807) is 7.11 Å². The quantitative estimate of drug-likeness (QED) is 0.745. The molecule has 1 aliphatic rings. The van der Waals surface area contributed by atoms with Gasteiger partial charge in [0.25, 0.3) is 0 Å². The van der Waals surface area contributed by atoms with Gasteiger partial charge in [0.15, 0.2) is 0 Å². The molecule has 2 N–H and O–H groups in total. The Bertz CT molecular complexity index is 249. The smallest absolute Gasteiger partial charge is 0.407 e. The molecule has 0 saturated heterocycles. The molecule has 0 heterocycles. The lowest BCUT2D eigenvalue weighted by atomic mass is 10.2. The van der Waals surface area contributed by atoms with Crippen molar-refractivity contribution >= 4 is 6.09 Å². The van der Waals surface area contributed by atoms with E-state index in [9.17, 15) is 9.90 Å². The Balaban J connectivity index is 2.36. The average Bonchev–Trinajstić information content (AvgIpc) is 2.42. The average molecular weight is 231 g/mol. The Labute approximate surface area is 96.1 Å². The second-order valence-corrected chi connectivity index (χ2v) is 5.16.